The molecule has 1 aromatic carbocycles. The molecule has 1 aromatic rings. The molecular formula is C21H31N3O2. The molecule has 2 fully saturated rings. The normalized spacial score (nSPS) is 32.2. The third-order valence-electron chi connectivity index (χ3n) is 6.45. The van der Waals surface area contributed by atoms with Crippen molar-refractivity contribution in [1.29, 1.82) is 0 Å². The molecule has 0 bridgehead atoms. The van der Waals surface area contributed by atoms with Crippen LogP contribution in [-0.2, 0) is 11.2 Å². The molecule has 26 heavy (non-hydrogen) atoms. The van der Waals surface area contributed by atoms with Gasteiger partial charge in [0.05, 0.1) is 13.2 Å². The van der Waals surface area contributed by atoms with Gasteiger partial charge in [0, 0.05) is 31.7 Å². The second kappa shape index (κ2) is 7.57. The average molecular weight is 357 g/mol. The highest BCUT2D eigenvalue weighted by atomic mass is 16.5. The Morgan fingerprint density at radius 2 is 2.23 bits per heavy atom. The summed E-state index contributed by atoms with van der Waals surface area (Å²) in [6.07, 6.45) is 2.98. The molecule has 0 amide bonds. The minimum Gasteiger partial charge on any atom is -0.396 e. The van der Waals surface area contributed by atoms with Crippen LogP contribution in [0.2, 0.25) is 0 Å². The summed E-state index contributed by atoms with van der Waals surface area (Å²) in [6.45, 7) is 6.34. The topological polar surface area (TPSA) is 65.9 Å². The van der Waals surface area contributed by atoms with Gasteiger partial charge in [-0.1, -0.05) is 24.3 Å². The SMILES string of the molecule is CCNC(=NCC1(CCO)CCOC1)NCC1C2Cc3ccccc3C12. The fourth-order valence-corrected chi connectivity index (χ4v) is 4.85. The Bertz CT molecular complexity index is 654. The first-order chi connectivity index (χ1) is 12.8. The van der Waals surface area contributed by atoms with Crippen molar-refractivity contribution in [3.63, 3.8) is 0 Å². The average Bonchev–Trinajstić information content (AvgIpc) is 2.98. The van der Waals surface area contributed by atoms with Crippen LogP contribution >= 0.6 is 0 Å². The van der Waals surface area contributed by atoms with Gasteiger partial charge in [-0.3, -0.25) is 4.99 Å². The first-order valence-electron chi connectivity index (χ1n) is 10.0. The van der Waals surface area contributed by atoms with Crippen molar-refractivity contribution in [2.45, 2.75) is 32.1 Å². The fraction of sp³-hybridized carbons (Fsp3) is 0.667. The lowest BCUT2D eigenvalue weighted by molar-refractivity contribution is 0.131. The number of hydrogen-bond donors (Lipinski definition) is 3. The highest BCUT2D eigenvalue weighted by Gasteiger charge is 2.54. The predicted octanol–water partition coefficient (Wildman–Crippen LogP) is 1.92. The molecule has 2 aliphatic carbocycles. The van der Waals surface area contributed by atoms with Gasteiger partial charge in [0.2, 0.25) is 0 Å². The second-order valence-electron chi connectivity index (χ2n) is 8.11. The zero-order valence-electron chi connectivity index (χ0n) is 15.7. The molecular weight excluding hydrogens is 326 g/mol. The molecule has 1 saturated carbocycles. The summed E-state index contributed by atoms with van der Waals surface area (Å²) in [5, 5.41) is 16.3. The van der Waals surface area contributed by atoms with Crippen LogP contribution in [0.25, 0.3) is 0 Å². The monoisotopic (exact) mass is 357 g/mol. The summed E-state index contributed by atoms with van der Waals surface area (Å²) in [4.78, 5) is 4.83. The summed E-state index contributed by atoms with van der Waals surface area (Å²) in [5.41, 5.74) is 3.12. The van der Waals surface area contributed by atoms with Gasteiger partial charge in [-0.25, -0.2) is 0 Å². The first kappa shape index (κ1) is 17.8. The molecule has 0 spiro atoms. The van der Waals surface area contributed by atoms with Crippen molar-refractivity contribution < 1.29 is 9.84 Å². The van der Waals surface area contributed by atoms with E-state index in [9.17, 15) is 5.11 Å². The smallest absolute Gasteiger partial charge is 0.191 e. The maximum atomic E-state index is 9.38. The molecule has 3 aliphatic rings. The highest BCUT2D eigenvalue weighted by molar-refractivity contribution is 5.79. The van der Waals surface area contributed by atoms with E-state index in [2.05, 4.69) is 41.8 Å². The van der Waals surface area contributed by atoms with Gasteiger partial charge < -0.3 is 20.5 Å². The molecule has 4 atom stereocenters. The van der Waals surface area contributed by atoms with Crippen molar-refractivity contribution in [1.82, 2.24) is 10.6 Å². The standard InChI is InChI=1S/C21H31N3O2/c1-2-22-20(24-13-21(7-9-25)8-10-26-14-21)23-12-18-17-11-15-5-3-4-6-16(15)19(17)18/h3-6,17-19,25H,2,7-14H2,1H3,(H2,22,23,24). The van der Waals surface area contributed by atoms with E-state index >= 15 is 0 Å². The van der Waals surface area contributed by atoms with Crippen LogP contribution in [0, 0.1) is 17.3 Å². The number of nitrogens with zero attached hydrogens (tertiary/aromatic N) is 1. The first-order valence-corrected chi connectivity index (χ1v) is 10.0. The number of aliphatic hydroxyl groups excluding tert-OH is 1. The molecule has 0 radical (unpaired) electrons. The minimum absolute atomic E-state index is 0.00608. The van der Waals surface area contributed by atoms with Crippen LogP contribution in [0.15, 0.2) is 29.3 Å². The van der Waals surface area contributed by atoms with Gasteiger partial charge >= 0.3 is 0 Å². The number of guanidine groups is 1. The molecule has 142 valence electrons. The van der Waals surface area contributed by atoms with Crippen molar-refractivity contribution in [3.05, 3.63) is 35.4 Å². The Kier molecular flexibility index (Phi) is 5.18. The number of rotatable bonds is 7. The molecule has 5 heteroatoms. The molecule has 1 heterocycles. The van der Waals surface area contributed by atoms with Crippen molar-refractivity contribution in [2.24, 2.45) is 22.2 Å². The van der Waals surface area contributed by atoms with Crippen LogP contribution in [0.3, 0.4) is 0 Å². The van der Waals surface area contributed by atoms with Gasteiger partial charge in [0.1, 0.15) is 0 Å². The van der Waals surface area contributed by atoms with Gasteiger partial charge in [-0.2, -0.15) is 0 Å². The Labute approximate surface area is 156 Å². The van der Waals surface area contributed by atoms with Crippen LogP contribution in [-0.4, -0.2) is 50.5 Å². The number of aliphatic hydroxyl groups is 1. The Morgan fingerprint density at radius 1 is 1.35 bits per heavy atom. The van der Waals surface area contributed by atoms with E-state index in [1.165, 1.54) is 6.42 Å². The zero-order valence-corrected chi connectivity index (χ0v) is 15.7. The van der Waals surface area contributed by atoms with Crippen LogP contribution in [0.4, 0.5) is 0 Å². The fourth-order valence-electron chi connectivity index (χ4n) is 4.85. The largest absolute Gasteiger partial charge is 0.396 e. The second-order valence-corrected chi connectivity index (χ2v) is 8.11. The van der Waals surface area contributed by atoms with E-state index in [1.54, 1.807) is 11.1 Å². The van der Waals surface area contributed by atoms with Gasteiger partial charge in [0.25, 0.3) is 0 Å². The molecule has 0 aromatic heterocycles. The summed E-state index contributed by atoms with van der Waals surface area (Å²) in [7, 11) is 0. The molecule has 4 rings (SSSR count). The van der Waals surface area contributed by atoms with E-state index < -0.39 is 0 Å². The number of benzene rings is 1. The quantitative estimate of drug-likeness (QED) is 0.515. The maximum absolute atomic E-state index is 9.38. The summed E-state index contributed by atoms with van der Waals surface area (Å²) < 4.78 is 5.58. The zero-order chi connectivity index (χ0) is 18.0. The molecule has 1 aliphatic heterocycles. The lowest BCUT2D eigenvalue weighted by Gasteiger charge is -2.25. The summed E-state index contributed by atoms with van der Waals surface area (Å²) in [6, 6.07) is 8.90. The number of hydrogen-bond acceptors (Lipinski definition) is 3. The van der Waals surface area contributed by atoms with Gasteiger partial charge in [-0.05, 0) is 55.1 Å². The lowest BCUT2D eigenvalue weighted by Crippen LogP contribution is -2.40. The van der Waals surface area contributed by atoms with Crippen molar-refractivity contribution in [3.8, 4) is 0 Å². The summed E-state index contributed by atoms with van der Waals surface area (Å²) >= 11 is 0. The molecule has 5 nitrogen and oxygen atoms in total. The Balaban J connectivity index is 1.33. The van der Waals surface area contributed by atoms with E-state index in [1.807, 2.05) is 0 Å². The summed E-state index contributed by atoms with van der Waals surface area (Å²) in [5.74, 6) is 3.18. The molecule has 1 saturated heterocycles. The van der Waals surface area contributed by atoms with E-state index in [-0.39, 0.29) is 12.0 Å². The number of fused-ring (bicyclic) bond motifs is 3. The van der Waals surface area contributed by atoms with Crippen LogP contribution < -0.4 is 10.6 Å². The van der Waals surface area contributed by atoms with Gasteiger partial charge in [-0.15, -0.1) is 0 Å². The number of nitrogens with one attached hydrogen (secondary N) is 2. The molecule has 3 N–H and O–H groups in total. The minimum atomic E-state index is 0.00608. The lowest BCUT2D eigenvalue weighted by atomic mass is 9.84. The molecule has 4 unspecified atom stereocenters. The van der Waals surface area contributed by atoms with Crippen molar-refractivity contribution >= 4 is 5.96 Å². The van der Waals surface area contributed by atoms with Crippen LogP contribution in [0.5, 0.6) is 0 Å². The predicted molar refractivity (Wildman–Crippen MR) is 103 cm³/mol. The Hall–Kier alpha value is -1.59. The third kappa shape index (κ3) is 3.47. The van der Waals surface area contributed by atoms with E-state index in [4.69, 9.17) is 9.73 Å². The third-order valence-corrected chi connectivity index (χ3v) is 6.45. The number of ether oxygens (including phenoxy) is 1. The van der Waals surface area contributed by atoms with E-state index in [0.717, 1.165) is 56.3 Å². The maximum Gasteiger partial charge on any atom is 0.191 e. The Morgan fingerprint density at radius 3 is 3.00 bits per heavy atom. The van der Waals surface area contributed by atoms with E-state index in [0.29, 0.717) is 13.2 Å². The van der Waals surface area contributed by atoms with Crippen LogP contribution in [0.1, 0.15) is 36.8 Å². The highest BCUT2D eigenvalue weighted by Crippen LogP contribution is 2.60. The van der Waals surface area contributed by atoms with Crippen molar-refractivity contribution in [2.75, 3.05) is 39.5 Å². The van der Waals surface area contributed by atoms with Gasteiger partial charge in [0.15, 0.2) is 5.96 Å². The number of aliphatic imine (C=N–C) groups is 1.